The Bertz CT molecular complexity index is 410. The van der Waals surface area contributed by atoms with E-state index in [1.807, 2.05) is 0 Å². The van der Waals surface area contributed by atoms with E-state index in [1.165, 1.54) is 19.3 Å². The number of likely N-dealkylation sites (tertiary alicyclic amines) is 1. The molecule has 7 heteroatoms. The summed E-state index contributed by atoms with van der Waals surface area (Å²) in [7, 11) is -3.46. The third-order valence-electron chi connectivity index (χ3n) is 4.13. The van der Waals surface area contributed by atoms with Gasteiger partial charge in [-0.2, -0.15) is 0 Å². The third-order valence-corrected chi connectivity index (χ3v) is 5.53. The molecule has 3 N–H and O–H groups in total. The summed E-state index contributed by atoms with van der Waals surface area (Å²) < 4.78 is 22.5. The second-order valence-corrected chi connectivity index (χ2v) is 7.40. The SMILES string of the molecule is NS(=O)(=O)C1CCN(C(=O)NC2CCCCC2)CC1. The van der Waals surface area contributed by atoms with Gasteiger partial charge in [0.2, 0.25) is 10.0 Å². The molecular formula is C12H23N3O3S. The zero-order valence-electron chi connectivity index (χ0n) is 11.2. The predicted octanol–water partition coefficient (Wildman–Crippen LogP) is 0.782. The highest BCUT2D eigenvalue weighted by atomic mass is 32.2. The van der Waals surface area contributed by atoms with Crippen LogP contribution in [0.1, 0.15) is 44.9 Å². The van der Waals surface area contributed by atoms with Gasteiger partial charge in [-0.05, 0) is 25.7 Å². The largest absolute Gasteiger partial charge is 0.335 e. The van der Waals surface area contributed by atoms with Gasteiger partial charge >= 0.3 is 6.03 Å². The molecule has 0 aromatic carbocycles. The molecule has 110 valence electrons. The molecule has 1 saturated heterocycles. The molecule has 2 amide bonds. The van der Waals surface area contributed by atoms with Gasteiger partial charge in [0.05, 0.1) is 5.25 Å². The van der Waals surface area contributed by atoms with Crippen molar-refractivity contribution in [2.24, 2.45) is 5.14 Å². The second-order valence-electron chi connectivity index (χ2n) is 5.56. The van der Waals surface area contributed by atoms with Gasteiger partial charge in [0.1, 0.15) is 0 Å². The second kappa shape index (κ2) is 6.09. The highest BCUT2D eigenvalue weighted by Crippen LogP contribution is 2.19. The molecule has 0 bridgehead atoms. The normalized spacial score (nSPS) is 23.3. The lowest BCUT2D eigenvalue weighted by atomic mass is 9.96. The first-order chi connectivity index (χ1) is 8.97. The zero-order chi connectivity index (χ0) is 13.9. The molecular weight excluding hydrogens is 266 g/mol. The standard InChI is InChI=1S/C12H23N3O3S/c13-19(17,18)11-6-8-15(9-7-11)12(16)14-10-4-2-1-3-5-10/h10-11H,1-9H2,(H,14,16)(H2,13,17,18). The number of urea groups is 1. The molecule has 2 rings (SSSR count). The van der Waals surface area contributed by atoms with E-state index in [2.05, 4.69) is 5.32 Å². The lowest BCUT2D eigenvalue weighted by molar-refractivity contribution is 0.179. The van der Waals surface area contributed by atoms with E-state index in [-0.39, 0.29) is 12.1 Å². The Morgan fingerprint density at radius 2 is 1.63 bits per heavy atom. The lowest BCUT2D eigenvalue weighted by Crippen LogP contribution is -2.50. The highest BCUT2D eigenvalue weighted by Gasteiger charge is 2.30. The van der Waals surface area contributed by atoms with Crippen molar-refractivity contribution in [3.63, 3.8) is 0 Å². The lowest BCUT2D eigenvalue weighted by Gasteiger charge is -2.33. The molecule has 1 saturated carbocycles. The van der Waals surface area contributed by atoms with Crippen molar-refractivity contribution in [2.45, 2.75) is 56.2 Å². The van der Waals surface area contributed by atoms with Crippen LogP contribution in [-0.2, 0) is 10.0 Å². The number of carbonyl (C=O) groups is 1. The summed E-state index contributed by atoms with van der Waals surface area (Å²) in [6.07, 6.45) is 6.61. The van der Waals surface area contributed by atoms with E-state index >= 15 is 0 Å². The van der Waals surface area contributed by atoms with Crippen LogP contribution in [0.25, 0.3) is 0 Å². The van der Waals surface area contributed by atoms with Crippen LogP contribution in [-0.4, -0.2) is 43.7 Å². The van der Waals surface area contributed by atoms with Crippen LogP contribution >= 0.6 is 0 Å². The Labute approximate surface area is 114 Å². The number of carbonyl (C=O) groups excluding carboxylic acids is 1. The summed E-state index contributed by atoms with van der Waals surface area (Å²) in [6.45, 7) is 0.944. The Morgan fingerprint density at radius 3 is 2.16 bits per heavy atom. The van der Waals surface area contributed by atoms with Crippen LogP contribution in [0, 0.1) is 0 Å². The fourth-order valence-electron chi connectivity index (χ4n) is 2.90. The molecule has 6 nitrogen and oxygen atoms in total. The van der Waals surface area contributed by atoms with Crippen LogP contribution in [0.5, 0.6) is 0 Å². The molecule has 0 atom stereocenters. The number of hydrogen-bond donors (Lipinski definition) is 2. The van der Waals surface area contributed by atoms with Crippen LogP contribution in [0.4, 0.5) is 4.79 Å². The van der Waals surface area contributed by atoms with Gasteiger partial charge in [0.15, 0.2) is 0 Å². The molecule has 0 radical (unpaired) electrons. The number of hydrogen-bond acceptors (Lipinski definition) is 3. The summed E-state index contributed by atoms with van der Waals surface area (Å²) in [5.41, 5.74) is 0. The summed E-state index contributed by atoms with van der Waals surface area (Å²) in [6, 6.07) is 0.233. The van der Waals surface area contributed by atoms with E-state index < -0.39 is 15.3 Å². The Balaban J connectivity index is 1.79. The van der Waals surface area contributed by atoms with Crippen LogP contribution < -0.4 is 10.5 Å². The van der Waals surface area contributed by atoms with Gasteiger partial charge in [-0.15, -0.1) is 0 Å². The van der Waals surface area contributed by atoms with E-state index in [0.717, 1.165) is 12.8 Å². The minimum absolute atomic E-state index is 0.0558. The smallest absolute Gasteiger partial charge is 0.317 e. The fourth-order valence-corrected chi connectivity index (χ4v) is 3.77. The average Bonchev–Trinajstić information content (AvgIpc) is 2.39. The quantitative estimate of drug-likeness (QED) is 0.787. The Hall–Kier alpha value is -0.820. The average molecular weight is 289 g/mol. The monoisotopic (exact) mass is 289 g/mol. The molecule has 2 aliphatic rings. The van der Waals surface area contributed by atoms with Crippen molar-refractivity contribution >= 4 is 16.1 Å². The number of primary sulfonamides is 1. The van der Waals surface area contributed by atoms with E-state index in [0.29, 0.717) is 25.9 Å². The summed E-state index contributed by atoms with van der Waals surface area (Å²) in [4.78, 5) is 13.8. The van der Waals surface area contributed by atoms with Crippen LogP contribution in [0.15, 0.2) is 0 Å². The van der Waals surface area contributed by atoms with E-state index in [1.54, 1.807) is 4.90 Å². The summed E-state index contributed by atoms with van der Waals surface area (Å²) >= 11 is 0. The van der Waals surface area contributed by atoms with E-state index in [4.69, 9.17) is 5.14 Å². The number of sulfonamides is 1. The first-order valence-corrected chi connectivity index (χ1v) is 8.65. The molecule has 0 aromatic heterocycles. The predicted molar refractivity (Wildman–Crippen MR) is 73.1 cm³/mol. The van der Waals surface area contributed by atoms with Gasteiger partial charge in [0.25, 0.3) is 0 Å². The number of nitrogens with two attached hydrogens (primary N) is 1. The Kier molecular flexibility index (Phi) is 4.67. The van der Waals surface area contributed by atoms with Gasteiger partial charge in [0, 0.05) is 19.1 Å². The minimum atomic E-state index is -3.46. The highest BCUT2D eigenvalue weighted by molar-refractivity contribution is 7.89. The van der Waals surface area contributed by atoms with Crippen LogP contribution in [0.2, 0.25) is 0 Å². The summed E-state index contributed by atoms with van der Waals surface area (Å²) in [5, 5.41) is 7.69. The minimum Gasteiger partial charge on any atom is -0.335 e. The van der Waals surface area contributed by atoms with Crippen molar-refractivity contribution in [1.82, 2.24) is 10.2 Å². The van der Waals surface area contributed by atoms with E-state index in [9.17, 15) is 13.2 Å². The van der Waals surface area contributed by atoms with Crippen molar-refractivity contribution in [3.8, 4) is 0 Å². The first kappa shape index (κ1) is 14.6. The molecule has 0 spiro atoms. The number of piperidine rings is 1. The van der Waals surface area contributed by atoms with Crippen molar-refractivity contribution in [3.05, 3.63) is 0 Å². The molecule has 0 aromatic rings. The maximum absolute atomic E-state index is 12.1. The number of nitrogens with one attached hydrogen (secondary N) is 1. The first-order valence-electron chi connectivity index (χ1n) is 7.04. The number of rotatable bonds is 2. The van der Waals surface area contributed by atoms with Crippen molar-refractivity contribution in [2.75, 3.05) is 13.1 Å². The molecule has 2 fully saturated rings. The topological polar surface area (TPSA) is 92.5 Å². The van der Waals surface area contributed by atoms with Crippen molar-refractivity contribution in [1.29, 1.82) is 0 Å². The Morgan fingerprint density at radius 1 is 1.05 bits per heavy atom. The third kappa shape index (κ3) is 4.07. The van der Waals surface area contributed by atoms with Gasteiger partial charge in [-0.25, -0.2) is 18.4 Å². The van der Waals surface area contributed by atoms with Gasteiger partial charge < -0.3 is 10.2 Å². The maximum atomic E-state index is 12.1. The number of amides is 2. The van der Waals surface area contributed by atoms with Gasteiger partial charge in [-0.3, -0.25) is 0 Å². The molecule has 1 aliphatic heterocycles. The fraction of sp³-hybridized carbons (Fsp3) is 0.917. The maximum Gasteiger partial charge on any atom is 0.317 e. The van der Waals surface area contributed by atoms with Crippen LogP contribution in [0.3, 0.4) is 0 Å². The molecule has 0 unspecified atom stereocenters. The van der Waals surface area contributed by atoms with Gasteiger partial charge in [-0.1, -0.05) is 19.3 Å². The molecule has 1 heterocycles. The molecule has 1 aliphatic carbocycles. The zero-order valence-corrected chi connectivity index (χ0v) is 12.0. The van der Waals surface area contributed by atoms with Crippen molar-refractivity contribution < 1.29 is 13.2 Å². The molecule has 19 heavy (non-hydrogen) atoms. The number of nitrogens with zero attached hydrogens (tertiary/aromatic N) is 1. The summed E-state index contributed by atoms with van der Waals surface area (Å²) in [5.74, 6) is 0.